The van der Waals surface area contributed by atoms with E-state index in [9.17, 15) is 24.5 Å². The Morgan fingerprint density at radius 2 is 2.00 bits per heavy atom. The lowest BCUT2D eigenvalue weighted by atomic mass is 10.1. The molecule has 3 rings (SSSR count). The molecule has 0 aliphatic carbocycles. The third kappa shape index (κ3) is 5.20. The fourth-order valence-corrected chi connectivity index (χ4v) is 3.37. The number of para-hydroxylation sites is 2. The molecule has 0 unspecified atom stereocenters. The molecule has 1 heterocycles. The van der Waals surface area contributed by atoms with Crippen LogP contribution >= 0.6 is 0 Å². The quantitative estimate of drug-likeness (QED) is 0.379. The molecule has 1 aliphatic rings. The summed E-state index contributed by atoms with van der Waals surface area (Å²) in [5, 5.41) is 13.8. The molecule has 32 heavy (non-hydrogen) atoms. The van der Waals surface area contributed by atoms with Crippen molar-refractivity contribution < 1.29 is 28.8 Å². The van der Waals surface area contributed by atoms with Crippen molar-refractivity contribution in [1.29, 1.82) is 0 Å². The minimum Gasteiger partial charge on any atom is -0.492 e. The molecular weight excluding hydrogens is 418 g/mol. The lowest BCUT2D eigenvalue weighted by Gasteiger charge is -2.17. The van der Waals surface area contributed by atoms with Crippen LogP contribution in [0.15, 0.2) is 42.5 Å². The summed E-state index contributed by atoms with van der Waals surface area (Å²) in [5.74, 6) is -1.85. The fraction of sp³-hybridized carbons (Fsp3) is 0.318. The second-order valence-electron chi connectivity index (χ2n) is 7.22. The van der Waals surface area contributed by atoms with Gasteiger partial charge in [-0.3, -0.25) is 24.5 Å². The number of hydrogen-bond acceptors (Lipinski definition) is 7. The van der Waals surface area contributed by atoms with Crippen LogP contribution in [0.5, 0.6) is 5.75 Å². The van der Waals surface area contributed by atoms with E-state index in [-0.39, 0.29) is 24.6 Å². The van der Waals surface area contributed by atoms with Crippen LogP contribution in [0.2, 0.25) is 0 Å². The van der Waals surface area contributed by atoms with Crippen molar-refractivity contribution in [3.63, 3.8) is 0 Å². The van der Waals surface area contributed by atoms with E-state index in [4.69, 9.17) is 9.47 Å². The van der Waals surface area contributed by atoms with Crippen LogP contribution in [0, 0.1) is 23.0 Å². The maximum atomic E-state index is 12.4. The zero-order valence-electron chi connectivity index (χ0n) is 17.7. The van der Waals surface area contributed by atoms with Gasteiger partial charge in [-0.15, -0.1) is 0 Å². The molecule has 1 aliphatic heterocycles. The van der Waals surface area contributed by atoms with E-state index in [1.807, 2.05) is 6.92 Å². The topological polar surface area (TPSA) is 128 Å². The van der Waals surface area contributed by atoms with Crippen molar-refractivity contribution in [2.75, 3.05) is 30.0 Å². The number of anilines is 2. The minimum absolute atomic E-state index is 0.0205. The second kappa shape index (κ2) is 9.90. The van der Waals surface area contributed by atoms with Gasteiger partial charge in [-0.25, -0.2) is 0 Å². The average Bonchev–Trinajstić information content (AvgIpc) is 3.15. The first-order valence-electron chi connectivity index (χ1n) is 10.0. The van der Waals surface area contributed by atoms with Crippen LogP contribution < -0.4 is 15.0 Å². The van der Waals surface area contributed by atoms with E-state index >= 15 is 0 Å². The van der Waals surface area contributed by atoms with Gasteiger partial charge in [0.15, 0.2) is 6.61 Å². The third-order valence-corrected chi connectivity index (χ3v) is 4.97. The van der Waals surface area contributed by atoms with Gasteiger partial charge >= 0.3 is 5.97 Å². The van der Waals surface area contributed by atoms with Gasteiger partial charge in [0.25, 0.3) is 11.6 Å². The number of aryl methyl sites for hydroxylation is 1. The number of nitro benzene ring substituents is 1. The Kier molecular flexibility index (Phi) is 7.04. The molecule has 2 aromatic carbocycles. The molecule has 2 aromatic rings. The highest BCUT2D eigenvalue weighted by atomic mass is 16.6. The van der Waals surface area contributed by atoms with Gasteiger partial charge in [-0.1, -0.05) is 18.2 Å². The summed E-state index contributed by atoms with van der Waals surface area (Å²) in [6.45, 7) is 3.36. The first-order valence-corrected chi connectivity index (χ1v) is 10.0. The highest BCUT2D eigenvalue weighted by molar-refractivity contribution is 6.00. The van der Waals surface area contributed by atoms with Crippen LogP contribution in [0.3, 0.4) is 0 Å². The summed E-state index contributed by atoms with van der Waals surface area (Å²) in [5.41, 5.74) is 1.16. The number of esters is 1. The lowest BCUT2D eigenvalue weighted by molar-refractivity contribution is -0.385. The highest BCUT2D eigenvalue weighted by Gasteiger charge is 2.37. The Morgan fingerprint density at radius 3 is 2.72 bits per heavy atom. The van der Waals surface area contributed by atoms with Gasteiger partial charge in [0.05, 0.1) is 28.8 Å². The number of nitrogens with one attached hydrogen (secondary N) is 1. The predicted molar refractivity (Wildman–Crippen MR) is 115 cm³/mol. The Balaban J connectivity index is 1.58. The van der Waals surface area contributed by atoms with Crippen LogP contribution in [-0.4, -0.2) is 42.5 Å². The molecule has 10 nitrogen and oxygen atoms in total. The normalized spacial score (nSPS) is 15.4. The molecule has 0 saturated carbocycles. The SMILES string of the molecule is CCOc1ccccc1NC(=O)COC(=O)[C@H]1CC(=O)N(c2ccc(C)c([N+](=O)[O-])c2)C1. The van der Waals surface area contributed by atoms with Gasteiger partial charge in [-0.2, -0.15) is 0 Å². The van der Waals surface area contributed by atoms with Crippen molar-refractivity contribution in [2.45, 2.75) is 20.3 Å². The maximum Gasteiger partial charge on any atom is 0.311 e. The monoisotopic (exact) mass is 441 g/mol. The van der Waals surface area contributed by atoms with E-state index in [2.05, 4.69) is 5.32 Å². The molecule has 0 spiro atoms. The summed E-state index contributed by atoms with van der Waals surface area (Å²) in [6.07, 6.45) is -0.102. The van der Waals surface area contributed by atoms with Crippen molar-refractivity contribution >= 4 is 34.8 Å². The lowest BCUT2D eigenvalue weighted by Crippen LogP contribution is -2.28. The average molecular weight is 441 g/mol. The van der Waals surface area contributed by atoms with E-state index in [1.54, 1.807) is 43.3 Å². The molecule has 0 radical (unpaired) electrons. The summed E-state index contributed by atoms with van der Waals surface area (Å²) >= 11 is 0. The van der Waals surface area contributed by atoms with E-state index in [0.29, 0.717) is 29.3 Å². The summed E-state index contributed by atoms with van der Waals surface area (Å²) in [4.78, 5) is 48.9. The summed E-state index contributed by atoms with van der Waals surface area (Å²) in [6, 6.07) is 11.3. The number of amides is 2. The Labute approximate surface area is 184 Å². The smallest absolute Gasteiger partial charge is 0.311 e. The van der Waals surface area contributed by atoms with Crippen LogP contribution in [0.1, 0.15) is 18.9 Å². The number of benzene rings is 2. The Bertz CT molecular complexity index is 1050. The Morgan fingerprint density at radius 1 is 1.25 bits per heavy atom. The molecule has 168 valence electrons. The Hall–Kier alpha value is -3.95. The van der Waals surface area contributed by atoms with Crippen LogP contribution in [0.25, 0.3) is 0 Å². The number of ether oxygens (including phenoxy) is 2. The molecular formula is C22H23N3O7. The molecule has 1 fully saturated rings. The molecule has 2 amide bonds. The van der Waals surface area contributed by atoms with Crippen molar-refractivity contribution in [3.8, 4) is 5.75 Å². The van der Waals surface area contributed by atoms with E-state index in [0.717, 1.165) is 0 Å². The highest BCUT2D eigenvalue weighted by Crippen LogP contribution is 2.30. The molecule has 10 heteroatoms. The number of nitrogens with zero attached hydrogens (tertiary/aromatic N) is 2. The van der Waals surface area contributed by atoms with Crippen molar-refractivity contribution in [1.82, 2.24) is 0 Å². The number of hydrogen-bond donors (Lipinski definition) is 1. The maximum absolute atomic E-state index is 12.4. The number of rotatable bonds is 8. The second-order valence-corrected chi connectivity index (χ2v) is 7.22. The van der Waals surface area contributed by atoms with Crippen LogP contribution in [-0.2, 0) is 19.1 Å². The van der Waals surface area contributed by atoms with Crippen molar-refractivity contribution in [2.24, 2.45) is 5.92 Å². The predicted octanol–water partition coefficient (Wildman–Crippen LogP) is 2.84. The van der Waals surface area contributed by atoms with Crippen molar-refractivity contribution in [3.05, 3.63) is 58.1 Å². The van der Waals surface area contributed by atoms with E-state index in [1.165, 1.54) is 11.0 Å². The minimum atomic E-state index is -0.772. The summed E-state index contributed by atoms with van der Waals surface area (Å²) < 4.78 is 10.5. The largest absolute Gasteiger partial charge is 0.492 e. The third-order valence-electron chi connectivity index (χ3n) is 4.97. The molecule has 1 N–H and O–H groups in total. The van der Waals surface area contributed by atoms with Gasteiger partial charge in [0, 0.05) is 24.6 Å². The fourth-order valence-electron chi connectivity index (χ4n) is 3.37. The zero-order valence-corrected chi connectivity index (χ0v) is 17.7. The first-order chi connectivity index (χ1) is 15.3. The van der Waals surface area contributed by atoms with Gasteiger partial charge in [-0.05, 0) is 32.0 Å². The summed E-state index contributed by atoms with van der Waals surface area (Å²) in [7, 11) is 0. The van der Waals surface area contributed by atoms with Crippen LogP contribution in [0.4, 0.5) is 17.1 Å². The number of nitro groups is 1. The molecule has 1 saturated heterocycles. The van der Waals surface area contributed by atoms with E-state index < -0.39 is 29.3 Å². The molecule has 1 atom stereocenters. The van der Waals surface area contributed by atoms with Gasteiger partial charge in [0.1, 0.15) is 5.75 Å². The number of carbonyl (C=O) groups excluding carboxylic acids is 3. The number of carbonyl (C=O) groups is 3. The standard InChI is InChI=1S/C22H23N3O7/c1-3-31-19-7-5-4-6-17(19)23-20(26)13-32-22(28)15-10-21(27)24(12-15)16-9-8-14(2)18(11-16)25(29)30/h4-9,11,15H,3,10,12-13H2,1-2H3,(H,23,26)/t15-/m0/s1. The van der Waals surface area contributed by atoms with Gasteiger partial charge < -0.3 is 19.7 Å². The zero-order chi connectivity index (χ0) is 23.3. The molecule has 0 aromatic heterocycles. The van der Waals surface area contributed by atoms with Gasteiger partial charge in [0.2, 0.25) is 5.91 Å². The first kappa shape index (κ1) is 22.7. The molecule has 0 bridgehead atoms.